The van der Waals surface area contributed by atoms with E-state index in [2.05, 4.69) is 0 Å². The number of benzene rings is 1. The van der Waals surface area contributed by atoms with Crippen molar-refractivity contribution in [3.05, 3.63) is 33.4 Å². The van der Waals surface area contributed by atoms with Crippen molar-refractivity contribution in [3.8, 4) is 5.75 Å². The first-order chi connectivity index (χ1) is 8.54. The van der Waals surface area contributed by atoms with Crippen LogP contribution in [-0.2, 0) is 10.6 Å². The van der Waals surface area contributed by atoms with E-state index >= 15 is 0 Å². The van der Waals surface area contributed by atoms with E-state index in [0.717, 1.165) is 0 Å². The molecule has 18 heavy (non-hydrogen) atoms. The van der Waals surface area contributed by atoms with Gasteiger partial charge in [0.25, 0.3) is 0 Å². The van der Waals surface area contributed by atoms with E-state index < -0.39 is 10.9 Å². The van der Waals surface area contributed by atoms with Gasteiger partial charge in [-0.05, 0) is 12.5 Å². The van der Waals surface area contributed by atoms with Crippen molar-refractivity contribution in [2.45, 2.75) is 12.8 Å². The second-order valence-electron chi connectivity index (χ2n) is 3.29. The molecule has 0 N–H and O–H groups in total. The Kier molecular flexibility index (Phi) is 4.91. The van der Waals surface area contributed by atoms with Crippen LogP contribution in [0.25, 0.3) is 0 Å². The number of nitro benzene ring substituents is 1. The fourth-order valence-electron chi connectivity index (χ4n) is 1.43. The highest BCUT2D eigenvalue weighted by Gasteiger charge is 2.22. The quantitative estimate of drug-likeness (QED) is 0.356. The van der Waals surface area contributed by atoms with Crippen LogP contribution in [0.4, 0.5) is 5.69 Å². The Morgan fingerprint density at radius 3 is 2.61 bits per heavy atom. The van der Waals surface area contributed by atoms with Crippen LogP contribution >= 0.6 is 11.6 Å². The third-order valence-electron chi connectivity index (χ3n) is 2.24. The number of hydrogen-bond donors (Lipinski definition) is 0. The maximum atomic E-state index is 11.7. The molecule has 0 unspecified atom stereocenters. The number of methoxy groups -OCH3 is 1. The molecule has 0 heterocycles. The van der Waals surface area contributed by atoms with E-state index in [9.17, 15) is 14.9 Å². The van der Waals surface area contributed by atoms with E-state index in [1.807, 2.05) is 0 Å². The minimum absolute atomic E-state index is 0.00285. The molecule has 0 atom stereocenters. The van der Waals surface area contributed by atoms with Crippen molar-refractivity contribution in [2.24, 2.45) is 0 Å². The highest BCUT2D eigenvalue weighted by Crippen LogP contribution is 2.31. The highest BCUT2D eigenvalue weighted by molar-refractivity contribution is 6.17. The third-order valence-corrected chi connectivity index (χ3v) is 2.53. The lowest BCUT2D eigenvalue weighted by Gasteiger charge is -2.09. The molecule has 0 spiro atoms. The van der Waals surface area contributed by atoms with Gasteiger partial charge in [0.05, 0.1) is 24.2 Å². The molecular weight excluding hydrogens is 262 g/mol. The summed E-state index contributed by atoms with van der Waals surface area (Å²) in [7, 11) is 1.29. The molecule has 0 aliphatic carbocycles. The van der Waals surface area contributed by atoms with Gasteiger partial charge >= 0.3 is 11.7 Å². The number of esters is 1. The predicted molar refractivity (Wildman–Crippen MR) is 65.2 cm³/mol. The van der Waals surface area contributed by atoms with E-state index in [1.54, 1.807) is 6.92 Å². The number of carbonyl (C=O) groups is 1. The molecule has 0 aliphatic heterocycles. The minimum Gasteiger partial charge on any atom is -0.490 e. The third kappa shape index (κ3) is 2.89. The number of hydrogen-bond acceptors (Lipinski definition) is 5. The Morgan fingerprint density at radius 2 is 2.17 bits per heavy atom. The Balaban J connectivity index is 3.34. The van der Waals surface area contributed by atoms with Crippen LogP contribution in [0.2, 0.25) is 0 Å². The Hall–Kier alpha value is -1.82. The van der Waals surface area contributed by atoms with E-state index in [1.165, 1.54) is 19.2 Å². The summed E-state index contributed by atoms with van der Waals surface area (Å²) in [4.78, 5) is 21.9. The summed E-state index contributed by atoms with van der Waals surface area (Å²) >= 11 is 5.68. The molecule has 1 rings (SSSR count). The SMILES string of the molecule is CCOC(=O)c1cc(OC)c([N+](=O)[O-])cc1CCl. The molecule has 7 heteroatoms. The zero-order valence-electron chi connectivity index (χ0n) is 9.94. The highest BCUT2D eigenvalue weighted by atomic mass is 35.5. The fraction of sp³-hybridized carbons (Fsp3) is 0.364. The molecule has 98 valence electrons. The van der Waals surface area contributed by atoms with E-state index in [4.69, 9.17) is 21.1 Å². The summed E-state index contributed by atoms with van der Waals surface area (Å²) in [6.07, 6.45) is 0. The van der Waals surface area contributed by atoms with Crippen LogP contribution in [0.15, 0.2) is 12.1 Å². The standard InChI is InChI=1S/C11H12ClNO5/c1-3-18-11(14)8-5-10(17-2)9(13(15)16)4-7(8)6-12/h4-5H,3,6H2,1-2H3. The van der Waals surface area contributed by atoms with Gasteiger partial charge in [-0.2, -0.15) is 0 Å². The molecule has 0 saturated carbocycles. The molecule has 0 amide bonds. The van der Waals surface area contributed by atoms with Gasteiger partial charge in [0, 0.05) is 18.0 Å². The van der Waals surface area contributed by atoms with Gasteiger partial charge < -0.3 is 9.47 Å². The van der Waals surface area contributed by atoms with Crippen molar-refractivity contribution in [1.82, 2.24) is 0 Å². The summed E-state index contributed by atoms with van der Waals surface area (Å²) < 4.78 is 9.73. The summed E-state index contributed by atoms with van der Waals surface area (Å²) in [5.41, 5.74) is 0.276. The molecule has 0 radical (unpaired) electrons. The molecule has 0 fully saturated rings. The first-order valence-corrected chi connectivity index (χ1v) is 5.67. The molecule has 0 bridgehead atoms. The molecule has 0 aliphatic rings. The monoisotopic (exact) mass is 273 g/mol. The lowest BCUT2D eigenvalue weighted by molar-refractivity contribution is -0.385. The van der Waals surface area contributed by atoms with Crippen LogP contribution in [0.5, 0.6) is 5.75 Å². The normalized spacial score (nSPS) is 9.94. The van der Waals surface area contributed by atoms with Crippen molar-refractivity contribution in [1.29, 1.82) is 0 Å². The average molecular weight is 274 g/mol. The zero-order chi connectivity index (χ0) is 13.7. The number of carbonyl (C=O) groups excluding carboxylic acids is 1. The lowest BCUT2D eigenvalue weighted by atomic mass is 10.1. The summed E-state index contributed by atoms with van der Waals surface area (Å²) in [5, 5.41) is 10.8. The van der Waals surface area contributed by atoms with Crippen molar-refractivity contribution >= 4 is 23.3 Å². The average Bonchev–Trinajstić information content (AvgIpc) is 2.37. The van der Waals surface area contributed by atoms with Gasteiger partial charge in [-0.15, -0.1) is 11.6 Å². The summed E-state index contributed by atoms with van der Waals surface area (Å²) in [5.74, 6) is -0.614. The second kappa shape index (κ2) is 6.20. The first kappa shape index (κ1) is 14.2. The van der Waals surface area contributed by atoms with Crippen LogP contribution in [0, 0.1) is 10.1 Å². The van der Waals surface area contributed by atoms with Crippen LogP contribution in [0.1, 0.15) is 22.8 Å². The maximum absolute atomic E-state index is 11.7. The van der Waals surface area contributed by atoms with Crippen molar-refractivity contribution in [2.75, 3.05) is 13.7 Å². The molecule has 1 aromatic rings. The summed E-state index contributed by atoms with van der Waals surface area (Å²) in [6.45, 7) is 1.88. The molecule has 0 aromatic heterocycles. The summed E-state index contributed by atoms with van der Waals surface area (Å²) in [6, 6.07) is 2.49. The fourth-order valence-corrected chi connectivity index (χ4v) is 1.65. The number of halogens is 1. The number of rotatable bonds is 5. The van der Waals surface area contributed by atoms with Gasteiger partial charge in [0.15, 0.2) is 5.75 Å². The topological polar surface area (TPSA) is 78.7 Å². The molecule has 6 nitrogen and oxygen atoms in total. The van der Waals surface area contributed by atoms with E-state index in [-0.39, 0.29) is 29.5 Å². The van der Waals surface area contributed by atoms with Crippen molar-refractivity contribution in [3.63, 3.8) is 0 Å². The van der Waals surface area contributed by atoms with Gasteiger partial charge in [-0.3, -0.25) is 10.1 Å². The number of nitro groups is 1. The van der Waals surface area contributed by atoms with Crippen molar-refractivity contribution < 1.29 is 19.2 Å². The Morgan fingerprint density at radius 1 is 1.50 bits per heavy atom. The number of nitrogens with zero attached hydrogens (tertiary/aromatic N) is 1. The number of ether oxygens (including phenoxy) is 2. The predicted octanol–water partition coefficient (Wildman–Crippen LogP) is 2.52. The minimum atomic E-state index is -0.593. The Labute approximate surface area is 109 Å². The Bertz CT molecular complexity index is 475. The van der Waals surface area contributed by atoms with Gasteiger partial charge in [-0.25, -0.2) is 4.79 Å². The lowest BCUT2D eigenvalue weighted by Crippen LogP contribution is -2.09. The largest absolute Gasteiger partial charge is 0.490 e. The first-order valence-electron chi connectivity index (χ1n) is 5.13. The maximum Gasteiger partial charge on any atom is 0.338 e. The van der Waals surface area contributed by atoms with Gasteiger partial charge in [0.2, 0.25) is 0 Å². The van der Waals surface area contributed by atoms with Crippen LogP contribution < -0.4 is 4.74 Å². The number of alkyl halides is 1. The van der Waals surface area contributed by atoms with E-state index in [0.29, 0.717) is 5.56 Å². The van der Waals surface area contributed by atoms with Crippen LogP contribution in [0.3, 0.4) is 0 Å². The molecule has 0 saturated heterocycles. The smallest absolute Gasteiger partial charge is 0.338 e. The second-order valence-corrected chi connectivity index (χ2v) is 3.56. The van der Waals surface area contributed by atoms with Gasteiger partial charge in [-0.1, -0.05) is 0 Å². The van der Waals surface area contributed by atoms with Crippen LogP contribution in [-0.4, -0.2) is 24.6 Å². The zero-order valence-corrected chi connectivity index (χ0v) is 10.7. The molecule has 1 aromatic carbocycles. The van der Waals surface area contributed by atoms with Gasteiger partial charge in [0.1, 0.15) is 0 Å². The molecular formula is C11H12ClNO5.